The van der Waals surface area contributed by atoms with Gasteiger partial charge in [-0.05, 0) is 37.2 Å². The Morgan fingerprint density at radius 1 is 1.35 bits per heavy atom. The van der Waals surface area contributed by atoms with Crippen molar-refractivity contribution < 1.29 is 9.21 Å². The van der Waals surface area contributed by atoms with Crippen LogP contribution in [0.25, 0.3) is 11.1 Å². The lowest BCUT2D eigenvalue weighted by molar-refractivity contribution is -0.123. The number of hydrogen-bond donors (Lipinski definition) is 1. The van der Waals surface area contributed by atoms with E-state index in [1.54, 1.807) is 0 Å². The molecular weight excluding hydrogens is 274 g/mol. The van der Waals surface area contributed by atoms with E-state index in [2.05, 4.69) is 4.90 Å². The van der Waals surface area contributed by atoms with Crippen molar-refractivity contribution in [2.24, 2.45) is 11.7 Å². The molecule has 1 aliphatic heterocycles. The number of carbonyl (C=O) groups is 1. The van der Waals surface area contributed by atoms with Gasteiger partial charge in [0.1, 0.15) is 0 Å². The molecule has 2 N–H and O–H groups in total. The molecule has 0 saturated carbocycles. The summed E-state index contributed by atoms with van der Waals surface area (Å²) in [6.07, 6.45) is 1.64. The fourth-order valence-electron chi connectivity index (χ4n) is 2.71. The van der Waals surface area contributed by atoms with Crippen molar-refractivity contribution in [1.82, 2.24) is 9.47 Å². The highest BCUT2D eigenvalue weighted by Crippen LogP contribution is 2.21. The largest absolute Gasteiger partial charge is 0.429 e. The van der Waals surface area contributed by atoms with Gasteiger partial charge < -0.3 is 10.2 Å². The first-order valence-corrected chi connectivity index (χ1v) is 7.16. The van der Waals surface area contributed by atoms with Crippen LogP contribution in [0.1, 0.15) is 12.8 Å². The van der Waals surface area contributed by atoms with Crippen LogP contribution in [0.3, 0.4) is 0 Å². The second-order valence-corrected chi connectivity index (χ2v) is 5.55. The number of amides is 1. The molecule has 1 saturated heterocycles. The number of nitrogens with zero attached hydrogens (tertiary/aromatic N) is 2. The minimum absolute atomic E-state index is 0.0142. The summed E-state index contributed by atoms with van der Waals surface area (Å²) in [5, 5.41) is 0. The van der Waals surface area contributed by atoms with Crippen molar-refractivity contribution in [2.45, 2.75) is 19.5 Å². The Bertz CT molecular complexity index is 683. The Kier molecular flexibility index (Phi) is 3.58. The molecule has 20 heavy (non-hydrogen) atoms. The van der Waals surface area contributed by atoms with Gasteiger partial charge in [-0.25, -0.2) is 0 Å². The fourth-order valence-corrected chi connectivity index (χ4v) is 2.95. The Labute approximate surface area is 122 Å². The summed E-state index contributed by atoms with van der Waals surface area (Å²) in [5.74, 6) is -0.171. The van der Waals surface area contributed by atoms with Crippen molar-refractivity contribution in [3.63, 3.8) is 0 Å². The number of primary amides is 1. The van der Waals surface area contributed by atoms with Gasteiger partial charge in [0, 0.05) is 19.0 Å². The minimum Gasteiger partial charge on any atom is -0.429 e. The van der Waals surface area contributed by atoms with Crippen LogP contribution in [0.5, 0.6) is 0 Å². The predicted molar refractivity (Wildman–Crippen MR) is 78.5 cm³/mol. The maximum Gasteiger partial charge on any atom is 0.270 e. The minimum atomic E-state index is -0.185. The average molecular weight is 291 g/mol. The van der Waals surface area contributed by atoms with E-state index < -0.39 is 0 Å². The van der Waals surface area contributed by atoms with Gasteiger partial charge in [-0.15, -0.1) is 0 Å². The lowest BCUT2D eigenvalue weighted by atomic mass is 9.97. The lowest BCUT2D eigenvalue weighted by Gasteiger charge is -2.30. The van der Waals surface area contributed by atoms with Crippen LogP contribution in [-0.4, -0.2) is 28.5 Å². The van der Waals surface area contributed by atoms with E-state index in [1.165, 1.54) is 0 Å². The first-order valence-electron chi connectivity index (χ1n) is 6.75. The molecule has 1 amide bonds. The average Bonchev–Trinajstić information content (AvgIpc) is 2.76. The monoisotopic (exact) mass is 291 g/mol. The highest BCUT2D eigenvalue weighted by molar-refractivity contribution is 7.71. The molecule has 0 atom stereocenters. The molecule has 3 rings (SSSR count). The number of aromatic nitrogens is 1. The van der Waals surface area contributed by atoms with Crippen LogP contribution in [0, 0.1) is 10.8 Å². The first-order chi connectivity index (χ1) is 9.65. The topological polar surface area (TPSA) is 64.4 Å². The van der Waals surface area contributed by atoms with E-state index in [4.69, 9.17) is 22.4 Å². The Hall–Kier alpha value is -1.66. The smallest absolute Gasteiger partial charge is 0.270 e. The number of piperidine rings is 1. The lowest BCUT2D eigenvalue weighted by Crippen LogP contribution is -2.39. The standard InChI is InChI=1S/C14H17N3O2S/c15-13(18)10-5-7-16(8-6-10)9-17-11-3-1-2-4-12(11)19-14(17)20/h1-4,10H,5-9H2,(H2,15,18). The third-order valence-electron chi connectivity index (χ3n) is 3.91. The normalized spacial score (nSPS) is 17.6. The summed E-state index contributed by atoms with van der Waals surface area (Å²) in [7, 11) is 0. The SMILES string of the molecule is NC(=O)C1CCN(Cn2c(=S)oc3ccccc32)CC1. The van der Waals surface area contributed by atoms with Gasteiger partial charge in [0.25, 0.3) is 4.84 Å². The van der Waals surface area contributed by atoms with E-state index >= 15 is 0 Å². The van der Waals surface area contributed by atoms with E-state index in [9.17, 15) is 4.79 Å². The van der Waals surface area contributed by atoms with Crippen LogP contribution in [0.15, 0.2) is 28.7 Å². The quantitative estimate of drug-likeness (QED) is 0.880. The van der Waals surface area contributed by atoms with Gasteiger partial charge in [-0.2, -0.15) is 0 Å². The number of rotatable bonds is 3. The summed E-state index contributed by atoms with van der Waals surface area (Å²) in [6.45, 7) is 2.41. The number of likely N-dealkylation sites (tertiary alicyclic amines) is 1. The fraction of sp³-hybridized carbons (Fsp3) is 0.429. The van der Waals surface area contributed by atoms with Crippen LogP contribution >= 0.6 is 12.2 Å². The van der Waals surface area contributed by atoms with Crippen molar-refractivity contribution in [2.75, 3.05) is 13.1 Å². The molecular formula is C14H17N3O2S. The van der Waals surface area contributed by atoms with Crippen molar-refractivity contribution in [3.8, 4) is 0 Å². The molecule has 106 valence electrons. The van der Waals surface area contributed by atoms with Gasteiger partial charge in [-0.1, -0.05) is 12.1 Å². The molecule has 1 aromatic carbocycles. The Morgan fingerprint density at radius 2 is 2.05 bits per heavy atom. The molecule has 1 aliphatic rings. The van der Waals surface area contributed by atoms with Crippen molar-refractivity contribution in [3.05, 3.63) is 29.1 Å². The number of fused-ring (bicyclic) bond motifs is 1. The maximum atomic E-state index is 11.2. The summed E-state index contributed by atoms with van der Waals surface area (Å²) >= 11 is 5.28. The van der Waals surface area contributed by atoms with Gasteiger partial charge in [0.2, 0.25) is 5.91 Å². The summed E-state index contributed by atoms with van der Waals surface area (Å²) in [4.78, 5) is 13.9. The number of para-hydroxylation sites is 2. The molecule has 0 spiro atoms. The van der Waals surface area contributed by atoms with E-state index in [-0.39, 0.29) is 11.8 Å². The predicted octanol–water partition coefficient (Wildman–Crippen LogP) is 2.12. The number of nitrogens with two attached hydrogens (primary N) is 1. The number of benzene rings is 1. The second kappa shape index (κ2) is 5.38. The van der Waals surface area contributed by atoms with Crippen LogP contribution in [0.2, 0.25) is 0 Å². The maximum absolute atomic E-state index is 11.2. The number of oxazole rings is 1. The van der Waals surface area contributed by atoms with Gasteiger partial charge in [0.05, 0.1) is 12.2 Å². The van der Waals surface area contributed by atoms with Crippen LogP contribution < -0.4 is 5.73 Å². The zero-order valence-electron chi connectivity index (χ0n) is 11.1. The zero-order valence-corrected chi connectivity index (χ0v) is 11.9. The van der Waals surface area contributed by atoms with E-state index in [0.29, 0.717) is 11.5 Å². The van der Waals surface area contributed by atoms with Crippen molar-refractivity contribution in [1.29, 1.82) is 0 Å². The number of carbonyl (C=O) groups excluding carboxylic acids is 1. The summed E-state index contributed by atoms with van der Waals surface area (Å²) in [5.41, 5.74) is 7.17. The van der Waals surface area contributed by atoms with Gasteiger partial charge in [-0.3, -0.25) is 14.3 Å². The van der Waals surface area contributed by atoms with E-state index in [1.807, 2.05) is 28.8 Å². The van der Waals surface area contributed by atoms with Crippen LogP contribution in [-0.2, 0) is 11.5 Å². The molecule has 0 bridgehead atoms. The highest BCUT2D eigenvalue weighted by Gasteiger charge is 2.23. The summed E-state index contributed by atoms with van der Waals surface area (Å²) < 4.78 is 7.57. The molecule has 6 heteroatoms. The number of hydrogen-bond acceptors (Lipinski definition) is 4. The Balaban J connectivity index is 1.76. The molecule has 0 aliphatic carbocycles. The summed E-state index contributed by atoms with van der Waals surface area (Å²) in [6, 6.07) is 7.83. The van der Waals surface area contributed by atoms with Crippen molar-refractivity contribution >= 4 is 29.2 Å². The molecule has 1 aromatic heterocycles. The molecule has 2 heterocycles. The molecule has 2 aromatic rings. The third-order valence-corrected chi connectivity index (χ3v) is 4.21. The van der Waals surface area contributed by atoms with Gasteiger partial charge >= 0.3 is 0 Å². The molecule has 0 unspecified atom stereocenters. The third kappa shape index (κ3) is 2.48. The molecule has 5 nitrogen and oxygen atoms in total. The van der Waals surface area contributed by atoms with E-state index in [0.717, 1.165) is 37.0 Å². The van der Waals surface area contributed by atoms with Gasteiger partial charge in [0.15, 0.2) is 5.58 Å². The molecule has 0 radical (unpaired) electrons. The first kappa shape index (κ1) is 13.3. The molecule has 1 fully saturated rings. The van der Waals surface area contributed by atoms with Crippen LogP contribution in [0.4, 0.5) is 0 Å². The Morgan fingerprint density at radius 3 is 2.75 bits per heavy atom. The highest BCUT2D eigenvalue weighted by atomic mass is 32.1. The zero-order chi connectivity index (χ0) is 14.1. The second-order valence-electron chi connectivity index (χ2n) is 5.20.